The first-order valence-corrected chi connectivity index (χ1v) is 8.37. The molecule has 2 aromatic carbocycles. The molecule has 0 atom stereocenters. The van der Waals surface area contributed by atoms with E-state index in [4.69, 9.17) is 11.6 Å². The van der Waals surface area contributed by atoms with E-state index in [1.54, 1.807) is 6.07 Å². The highest BCUT2D eigenvalue weighted by Crippen LogP contribution is 2.24. The summed E-state index contributed by atoms with van der Waals surface area (Å²) in [6.07, 6.45) is 1.48. The number of amides is 1. The maximum Gasteiger partial charge on any atom is 0.221 e. The third-order valence-corrected chi connectivity index (χ3v) is 4.00. The Kier molecular flexibility index (Phi) is 5.34. The second kappa shape index (κ2) is 7.84. The molecule has 3 aromatic rings. The molecule has 0 aliphatic rings. The Morgan fingerprint density at radius 1 is 0.885 bits per heavy atom. The first-order chi connectivity index (χ1) is 12.5. The zero-order valence-corrected chi connectivity index (χ0v) is 15.1. The van der Waals surface area contributed by atoms with E-state index in [-0.39, 0.29) is 5.91 Å². The summed E-state index contributed by atoms with van der Waals surface area (Å²) in [6.45, 7) is 3.43. The fourth-order valence-electron chi connectivity index (χ4n) is 2.30. The molecule has 26 heavy (non-hydrogen) atoms. The second-order valence-corrected chi connectivity index (χ2v) is 6.17. The molecule has 0 saturated heterocycles. The van der Waals surface area contributed by atoms with Crippen molar-refractivity contribution in [2.24, 2.45) is 0 Å². The number of rotatable bonds is 5. The molecule has 0 aliphatic carbocycles. The van der Waals surface area contributed by atoms with Crippen LogP contribution in [0.15, 0.2) is 54.9 Å². The SMILES string of the molecule is CC(=O)Nc1ccc(Nc2cc(Nc3ccc(C)c(Cl)c3)ncn2)cc1. The van der Waals surface area contributed by atoms with Crippen LogP contribution in [-0.4, -0.2) is 15.9 Å². The zero-order valence-electron chi connectivity index (χ0n) is 14.4. The fourth-order valence-corrected chi connectivity index (χ4v) is 2.48. The Hall–Kier alpha value is -3.12. The molecule has 3 N–H and O–H groups in total. The molecule has 0 radical (unpaired) electrons. The molecule has 0 fully saturated rings. The molecule has 132 valence electrons. The van der Waals surface area contributed by atoms with Crippen LogP contribution in [0.4, 0.5) is 28.7 Å². The lowest BCUT2D eigenvalue weighted by molar-refractivity contribution is -0.114. The molecule has 1 heterocycles. The zero-order chi connectivity index (χ0) is 18.5. The van der Waals surface area contributed by atoms with Gasteiger partial charge in [-0.25, -0.2) is 9.97 Å². The molecule has 0 unspecified atom stereocenters. The summed E-state index contributed by atoms with van der Waals surface area (Å²) in [6, 6.07) is 14.9. The molecule has 1 amide bonds. The lowest BCUT2D eigenvalue weighted by Gasteiger charge is -2.10. The number of nitrogens with one attached hydrogen (secondary N) is 3. The molecular weight excluding hydrogens is 350 g/mol. The van der Waals surface area contributed by atoms with Crippen LogP contribution in [0.3, 0.4) is 0 Å². The lowest BCUT2D eigenvalue weighted by Crippen LogP contribution is -2.05. The lowest BCUT2D eigenvalue weighted by atomic mass is 10.2. The van der Waals surface area contributed by atoms with E-state index in [1.165, 1.54) is 13.3 Å². The van der Waals surface area contributed by atoms with Gasteiger partial charge in [0.15, 0.2) is 0 Å². The molecule has 0 aliphatic heterocycles. The van der Waals surface area contributed by atoms with Crippen molar-refractivity contribution in [3.05, 3.63) is 65.4 Å². The highest BCUT2D eigenvalue weighted by molar-refractivity contribution is 6.31. The van der Waals surface area contributed by atoms with Gasteiger partial charge in [-0.2, -0.15) is 0 Å². The number of nitrogens with zero attached hydrogens (tertiary/aromatic N) is 2. The van der Waals surface area contributed by atoms with Crippen LogP contribution in [0, 0.1) is 6.92 Å². The van der Waals surface area contributed by atoms with E-state index in [0.29, 0.717) is 16.7 Å². The van der Waals surface area contributed by atoms with Crippen LogP contribution >= 0.6 is 11.6 Å². The average molecular weight is 368 g/mol. The van der Waals surface area contributed by atoms with Crippen molar-refractivity contribution in [2.75, 3.05) is 16.0 Å². The van der Waals surface area contributed by atoms with Gasteiger partial charge in [-0.3, -0.25) is 4.79 Å². The van der Waals surface area contributed by atoms with E-state index in [2.05, 4.69) is 25.9 Å². The van der Waals surface area contributed by atoms with Crippen molar-refractivity contribution in [1.82, 2.24) is 9.97 Å². The number of hydrogen-bond acceptors (Lipinski definition) is 5. The largest absolute Gasteiger partial charge is 0.340 e. The topological polar surface area (TPSA) is 78.9 Å². The van der Waals surface area contributed by atoms with Gasteiger partial charge < -0.3 is 16.0 Å². The molecule has 7 heteroatoms. The average Bonchev–Trinajstić information content (AvgIpc) is 2.60. The summed E-state index contributed by atoms with van der Waals surface area (Å²) in [7, 11) is 0. The monoisotopic (exact) mass is 367 g/mol. The third kappa shape index (κ3) is 4.70. The number of hydrogen-bond donors (Lipinski definition) is 3. The predicted octanol–water partition coefficient (Wildman–Crippen LogP) is 4.88. The number of carbonyl (C=O) groups is 1. The first-order valence-electron chi connectivity index (χ1n) is 7.99. The van der Waals surface area contributed by atoms with E-state index in [0.717, 1.165) is 22.6 Å². The number of halogens is 1. The quantitative estimate of drug-likeness (QED) is 0.598. The van der Waals surface area contributed by atoms with E-state index in [1.807, 2.05) is 49.4 Å². The summed E-state index contributed by atoms with van der Waals surface area (Å²) >= 11 is 6.15. The predicted molar refractivity (Wildman–Crippen MR) is 106 cm³/mol. The number of carbonyl (C=O) groups excluding carboxylic acids is 1. The van der Waals surface area contributed by atoms with Gasteiger partial charge in [0.1, 0.15) is 18.0 Å². The highest BCUT2D eigenvalue weighted by Gasteiger charge is 2.03. The van der Waals surface area contributed by atoms with Crippen LogP contribution in [0.5, 0.6) is 0 Å². The van der Waals surface area contributed by atoms with Gasteiger partial charge in [-0.15, -0.1) is 0 Å². The van der Waals surface area contributed by atoms with Crippen LogP contribution in [0.25, 0.3) is 0 Å². The summed E-state index contributed by atoms with van der Waals surface area (Å²) in [5.74, 6) is 1.19. The van der Waals surface area contributed by atoms with Crippen molar-refractivity contribution < 1.29 is 4.79 Å². The van der Waals surface area contributed by atoms with Gasteiger partial charge in [0.05, 0.1) is 0 Å². The summed E-state index contributed by atoms with van der Waals surface area (Å²) < 4.78 is 0. The minimum absolute atomic E-state index is 0.103. The molecule has 1 aromatic heterocycles. The van der Waals surface area contributed by atoms with Gasteiger partial charge in [-0.1, -0.05) is 17.7 Å². The van der Waals surface area contributed by atoms with Crippen molar-refractivity contribution >= 4 is 46.2 Å². The van der Waals surface area contributed by atoms with E-state index < -0.39 is 0 Å². The van der Waals surface area contributed by atoms with Crippen LogP contribution in [0.1, 0.15) is 12.5 Å². The smallest absolute Gasteiger partial charge is 0.221 e. The number of anilines is 5. The molecule has 6 nitrogen and oxygen atoms in total. The maximum absolute atomic E-state index is 11.1. The second-order valence-electron chi connectivity index (χ2n) is 5.76. The third-order valence-electron chi connectivity index (χ3n) is 3.59. The molecular formula is C19H18ClN5O. The van der Waals surface area contributed by atoms with Crippen LogP contribution in [0.2, 0.25) is 5.02 Å². The Morgan fingerprint density at radius 2 is 1.46 bits per heavy atom. The maximum atomic E-state index is 11.1. The minimum atomic E-state index is -0.103. The van der Waals surface area contributed by atoms with E-state index >= 15 is 0 Å². The van der Waals surface area contributed by atoms with Crippen molar-refractivity contribution in [1.29, 1.82) is 0 Å². The van der Waals surface area contributed by atoms with Crippen molar-refractivity contribution in [3.63, 3.8) is 0 Å². The molecule has 0 bridgehead atoms. The van der Waals surface area contributed by atoms with Gasteiger partial charge in [0.25, 0.3) is 0 Å². The van der Waals surface area contributed by atoms with Crippen molar-refractivity contribution in [2.45, 2.75) is 13.8 Å². The summed E-state index contributed by atoms with van der Waals surface area (Å²) in [5.41, 5.74) is 3.46. The fraction of sp³-hybridized carbons (Fsp3) is 0.105. The van der Waals surface area contributed by atoms with Crippen LogP contribution in [-0.2, 0) is 4.79 Å². The molecule has 3 rings (SSSR count). The number of aromatic nitrogens is 2. The Balaban J connectivity index is 1.70. The van der Waals surface area contributed by atoms with Gasteiger partial charge in [0.2, 0.25) is 5.91 Å². The van der Waals surface area contributed by atoms with Crippen LogP contribution < -0.4 is 16.0 Å². The number of benzene rings is 2. The summed E-state index contributed by atoms with van der Waals surface area (Å²) in [5, 5.41) is 9.83. The Bertz CT molecular complexity index is 927. The molecule has 0 spiro atoms. The van der Waals surface area contributed by atoms with Crippen molar-refractivity contribution in [3.8, 4) is 0 Å². The standard InChI is InChI=1S/C19H18ClN5O/c1-12-3-4-16(9-17(12)20)25-19-10-18(21-11-22-19)24-15-7-5-14(6-8-15)23-13(2)26/h3-11H,1-2H3,(H,23,26)(H2,21,22,24,25). The minimum Gasteiger partial charge on any atom is -0.340 e. The normalized spacial score (nSPS) is 10.3. The first kappa shape index (κ1) is 17.7. The van der Waals surface area contributed by atoms with E-state index in [9.17, 15) is 4.79 Å². The molecule has 0 saturated carbocycles. The van der Waals surface area contributed by atoms with Gasteiger partial charge in [-0.05, 0) is 48.9 Å². The Morgan fingerprint density at radius 3 is 2.08 bits per heavy atom. The summed E-state index contributed by atoms with van der Waals surface area (Å²) in [4.78, 5) is 19.5. The number of aryl methyl sites for hydroxylation is 1. The van der Waals surface area contributed by atoms with Gasteiger partial charge >= 0.3 is 0 Å². The Labute approximate surface area is 156 Å². The van der Waals surface area contributed by atoms with Gasteiger partial charge in [0, 0.05) is 35.1 Å². The highest BCUT2D eigenvalue weighted by atomic mass is 35.5.